The molecule has 0 saturated heterocycles. The van der Waals surface area contributed by atoms with Gasteiger partial charge in [-0.3, -0.25) is 4.79 Å². The predicted molar refractivity (Wildman–Crippen MR) is 103 cm³/mol. The number of carbonyl (C=O) groups excluding carboxylic acids is 2. The Morgan fingerprint density at radius 3 is 2.73 bits per heavy atom. The zero-order valence-electron chi connectivity index (χ0n) is 15.4. The average molecular weight is 397 g/mol. The number of nitrogens with one attached hydrogen (secondary N) is 1. The third-order valence-electron chi connectivity index (χ3n) is 4.09. The Balaban J connectivity index is 2.02. The van der Waals surface area contributed by atoms with Crippen molar-refractivity contribution in [2.75, 3.05) is 12.9 Å². The highest BCUT2D eigenvalue weighted by Crippen LogP contribution is 2.27. The summed E-state index contributed by atoms with van der Waals surface area (Å²) in [6.45, 7) is 6.61. The Morgan fingerprint density at radius 1 is 1.38 bits per heavy atom. The minimum atomic E-state index is -0.635. The first-order valence-electron chi connectivity index (χ1n) is 8.48. The number of carbonyl (C=O) groups is 2. The zero-order chi connectivity index (χ0) is 19.1. The fourth-order valence-electron chi connectivity index (χ4n) is 2.41. The second kappa shape index (κ2) is 9.72. The van der Waals surface area contributed by atoms with Gasteiger partial charge >= 0.3 is 5.97 Å². The van der Waals surface area contributed by atoms with E-state index in [1.807, 2.05) is 42.9 Å². The van der Waals surface area contributed by atoms with E-state index in [-0.39, 0.29) is 17.6 Å². The maximum atomic E-state index is 12.3. The number of ether oxygens (including phenoxy) is 1. The number of aromatic nitrogens is 3. The molecule has 9 heteroatoms. The van der Waals surface area contributed by atoms with Crippen molar-refractivity contribution in [3.8, 4) is 10.7 Å². The minimum Gasteiger partial charge on any atom is -0.467 e. The highest BCUT2D eigenvalue weighted by Gasteiger charge is 2.26. The molecule has 0 unspecified atom stereocenters. The molecule has 0 fully saturated rings. The van der Waals surface area contributed by atoms with E-state index in [0.717, 1.165) is 17.1 Å². The topological polar surface area (TPSA) is 86.1 Å². The molecule has 0 bridgehead atoms. The summed E-state index contributed by atoms with van der Waals surface area (Å²) in [6.07, 6.45) is 0.765. The molecule has 26 heavy (non-hydrogen) atoms. The number of esters is 1. The van der Waals surface area contributed by atoms with Gasteiger partial charge in [0.25, 0.3) is 0 Å². The van der Waals surface area contributed by atoms with Crippen LogP contribution in [-0.4, -0.2) is 45.5 Å². The number of nitrogens with zero attached hydrogens (tertiary/aromatic N) is 3. The molecular weight excluding hydrogens is 372 g/mol. The maximum Gasteiger partial charge on any atom is 0.328 e. The van der Waals surface area contributed by atoms with Crippen LogP contribution >= 0.6 is 23.1 Å². The molecule has 0 spiro atoms. The van der Waals surface area contributed by atoms with Crippen LogP contribution in [-0.2, 0) is 20.9 Å². The van der Waals surface area contributed by atoms with Gasteiger partial charge in [0.05, 0.1) is 17.7 Å². The summed E-state index contributed by atoms with van der Waals surface area (Å²) in [5.74, 6) is 0.314. The van der Waals surface area contributed by atoms with Gasteiger partial charge in [-0.1, -0.05) is 38.1 Å². The van der Waals surface area contributed by atoms with E-state index in [9.17, 15) is 9.59 Å². The Labute approximate surface area is 161 Å². The van der Waals surface area contributed by atoms with Gasteiger partial charge in [0.2, 0.25) is 5.91 Å². The molecule has 2 atom stereocenters. The molecule has 2 heterocycles. The molecule has 1 N–H and O–H groups in total. The van der Waals surface area contributed by atoms with Gasteiger partial charge in [-0.25, -0.2) is 4.79 Å². The first kappa shape index (κ1) is 20.4. The van der Waals surface area contributed by atoms with Crippen molar-refractivity contribution >= 4 is 35.0 Å². The monoisotopic (exact) mass is 396 g/mol. The molecule has 1 amide bonds. The van der Waals surface area contributed by atoms with Crippen LogP contribution in [0.1, 0.15) is 27.2 Å². The van der Waals surface area contributed by atoms with Gasteiger partial charge in [0.1, 0.15) is 6.04 Å². The first-order chi connectivity index (χ1) is 12.5. The molecule has 0 aromatic carbocycles. The molecule has 2 aromatic heterocycles. The number of rotatable bonds is 9. The van der Waals surface area contributed by atoms with E-state index in [1.165, 1.54) is 18.9 Å². The Kier molecular flexibility index (Phi) is 7.65. The number of hydrogen-bond acceptors (Lipinski definition) is 7. The summed E-state index contributed by atoms with van der Waals surface area (Å²) in [7, 11) is 1.33. The summed E-state index contributed by atoms with van der Waals surface area (Å²) in [6, 6.07) is 3.33. The molecule has 0 aliphatic heterocycles. The quantitative estimate of drug-likeness (QED) is 0.518. The Morgan fingerprint density at radius 2 is 2.15 bits per heavy atom. The van der Waals surface area contributed by atoms with E-state index in [4.69, 9.17) is 4.74 Å². The summed E-state index contributed by atoms with van der Waals surface area (Å²) in [5.41, 5.74) is 0. The van der Waals surface area contributed by atoms with Gasteiger partial charge in [-0.15, -0.1) is 21.5 Å². The normalized spacial score (nSPS) is 13.2. The van der Waals surface area contributed by atoms with Crippen LogP contribution in [0.25, 0.3) is 10.7 Å². The maximum absolute atomic E-state index is 12.3. The van der Waals surface area contributed by atoms with Gasteiger partial charge in [-0.2, -0.15) is 0 Å². The van der Waals surface area contributed by atoms with Gasteiger partial charge < -0.3 is 14.6 Å². The molecule has 0 aliphatic rings. The number of amides is 1. The van der Waals surface area contributed by atoms with E-state index >= 15 is 0 Å². The van der Waals surface area contributed by atoms with Gasteiger partial charge in [0.15, 0.2) is 11.0 Å². The minimum absolute atomic E-state index is 0.00104. The molecule has 0 saturated carbocycles. The van der Waals surface area contributed by atoms with Crippen molar-refractivity contribution in [1.29, 1.82) is 0 Å². The molecule has 7 nitrogen and oxygen atoms in total. The third-order valence-corrected chi connectivity index (χ3v) is 5.92. The van der Waals surface area contributed by atoms with E-state index in [1.54, 1.807) is 11.3 Å². The molecule has 2 aromatic rings. The average Bonchev–Trinajstić information content (AvgIpc) is 3.31. The Bertz CT molecular complexity index is 730. The van der Waals surface area contributed by atoms with Crippen LogP contribution in [0.3, 0.4) is 0 Å². The van der Waals surface area contributed by atoms with Crippen molar-refractivity contribution in [1.82, 2.24) is 20.1 Å². The highest BCUT2D eigenvalue weighted by molar-refractivity contribution is 7.99. The van der Waals surface area contributed by atoms with E-state index in [0.29, 0.717) is 11.7 Å². The van der Waals surface area contributed by atoms with Crippen molar-refractivity contribution in [2.24, 2.45) is 5.92 Å². The predicted octanol–water partition coefficient (Wildman–Crippen LogP) is 2.82. The lowest BCUT2D eigenvalue weighted by Gasteiger charge is -2.21. The molecule has 2 rings (SSSR count). The number of thioether (sulfide) groups is 1. The number of hydrogen-bond donors (Lipinski definition) is 1. The number of thiophene rings is 1. The van der Waals surface area contributed by atoms with Gasteiger partial charge in [-0.05, 0) is 24.3 Å². The van der Waals surface area contributed by atoms with Crippen LogP contribution in [0.4, 0.5) is 0 Å². The fraction of sp³-hybridized carbons (Fsp3) is 0.529. The lowest BCUT2D eigenvalue weighted by Crippen LogP contribution is -2.46. The highest BCUT2D eigenvalue weighted by atomic mass is 32.2. The second-order valence-corrected chi connectivity index (χ2v) is 7.66. The molecule has 142 valence electrons. The number of methoxy groups -OCH3 is 1. The van der Waals surface area contributed by atoms with Crippen LogP contribution in [0.2, 0.25) is 0 Å². The van der Waals surface area contributed by atoms with E-state index < -0.39 is 12.0 Å². The summed E-state index contributed by atoms with van der Waals surface area (Å²) >= 11 is 2.91. The standard InChI is InChI=1S/C17H24N4O3S2/c1-5-11(3)14(16(23)24-4)18-13(22)10-26-17-20-19-15(21(17)6-2)12-8-7-9-25-12/h7-9,11,14H,5-6,10H2,1-4H3,(H,18,22)/t11-,14+/m1/s1. The SMILES string of the molecule is CC[C@@H](C)[C@H](NC(=O)CSc1nnc(-c2cccs2)n1CC)C(=O)OC. The zero-order valence-corrected chi connectivity index (χ0v) is 17.0. The summed E-state index contributed by atoms with van der Waals surface area (Å²) in [5, 5.41) is 13.9. The largest absolute Gasteiger partial charge is 0.467 e. The first-order valence-corrected chi connectivity index (χ1v) is 10.3. The van der Waals surface area contributed by atoms with Crippen molar-refractivity contribution in [3.05, 3.63) is 17.5 Å². The van der Waals surface area contributed by atoms with Crippen molar-refractivity contribution in [2.45, 2.75) is 44.9 Å². The Hall–Kier alpha value is -1.87. The van der Waals surface area contributed by atoms with Crippen LogP contribution < -0.4 is 5.32 Å². The smallest absolute Gasteiger partial charge is 0.328 e. The fourth-order valence-corrected chi connectivity index (χ4v) is 3.94. The molecule has 0 radical (unpaired) electrons. The van der Waals surface area contributed by atoms with Crippen LogP contribution in [0.5, 0.6) is 0 Å². The summed E-state index contributed by atoms with van der Waals surface area (Å²) < 4.78 is 6.78. The van der Waals surface area contributed by atoms with Crippen LogP contribution in [0.15, 0.2) is 22.7 Å². The second-order valence-electron chi connectivity index (χ2n) is 5.77. The van der Waals surface area contributed by atoms with Crippen molar-refractivity contribution < 1.29 is 14.3 Å². The third kappa shape index (κ3) is 4.85. The van der Waals surface area contributed by atoms with E-state index in [2.05, 4.69) is 15.5 Å². The van der Waals surface area contributed by atoms with Gasteiger partial charge in [0, 0.05) is 6.54 Å². The lowest BCUT2D eigenvalue weighted by atomic mass is 9.99. The lowest BCUT2D eigenvalue weighted by molar-refractivity contribution is -0.146. The van der Waals surface area contributed by atoms with Crippen molar-refractivity contribution in [3.63, 3.8) is 0 Å². The summed E-state index contributed by atoms with van der Waals surface area (Å²) in [4.78, 5) is 25.2. The molecular formula is C17H24N4O3S2. The molecule has 0 aliphatic carbocycles. The van der Waals surface area contributed by atoms with Crippen LogP contribution in [0, 0.1) is 5.92 Å².